The minimum Gasteiger partial charge on any atom is -0.481 e. The van der Waals surface area contributed by atoms with Gasteiger partial charge in [-0.1, -0.05) is 23.7 Å². The molecular formula is C14H13ClN2O3S. The Bertz CT molecular complexity index is 726. The first kappa shape index (κ1) is 15.3. The lowest BCUT2D eigenvalue weighted by Crippen LogP contribution is -2.09. The van der Waals surface area contributed by atoms with Gasteiger partial charge in [0.05, 0.1) is 24.4 Å². The van der Waals surface area contributed by atoms with Crippen molar-refractivity contribution in [3.63, 3.8) is 0 Å². The molecule has 5 nitrogen and oxygen atoms in total. The highest BCUT2D eigenvalue weighted by atomic mass is 35.5. The van der Waals surface area contributed by atoms with Gasteiger partial charge < -0.3 is 4.74 Å². The number of hydrogen-bond donors (Lipinski definition) is 1. The molecule has 0 amide bonds. The summed E-state index contributed by atoms with van der Waals surface area (Å²) in [4.78, 5) is 3.92. The van der Waals surface area contributed by atoms with Gasteiger partial charge in [-0.3, -0.25) is 4.72 Å². The lowest BCUT2D eigenvalue weighted by atomic mass is 10.2. The summed E-state index contributed by atoms with van der Waals surface area (Å²) in [5.74, 6) is 0.412. The van der Waals surface area contributed by atoms with Crippen LogP contribution in [0.5, 0.6) is 5.88 Å². The molecule has 1 heterocycles. The van der Waals surface area contributed by atoms with Crippen LogP contribution >= 0.6 is 11.6 Å². The zero-order valence-corrected chi connectivity index (χ0v) is 12.7. The number of halogens is 1. The standard InChI is InChI=1S/C14H13ClN2O3S/c1-20-14-7-6-13(10-16-14)17-21(18,19)9-8-11-2-4-12(15)5-3-11/h2-10,17H,1H3/b9-8-. The predicted octanol–water partition coefficient (Wildman–Crippen LogP) is 3.16. The Kier molecular flexibility index (Phi) is 4.82. The Morgan fingerprint density at radius 1 is 1.19 bits per heavy atom. The molecule has 21 heavy (non-hydrogen) atoms. The van der Waals surface area contributed by atoms with Gasteiger partial charge in [-0.05, 0) is 29.8 Å². The second kappa shape index (κ2) is 6.60. The van der Waals surface area contributed by atoms with Crippen molar-refractivity contribution in [3.8, 4) is 5.88 Å². The lowest BCUT2D eigenvalue weighted by Gasteiger charge is -2.04. The Hall–Kier alpha value is -2.05. The van der Waals surface area contributed by atoms with Crippen molar-refractivity contribution in [1.82, 2.24) is 4.98 Å². The van der Waals surface area contributed by atoms with E-state index in [1.54, 1.807) is 36.4 Å². The zero-order chi connectivity index (χ0) is 15.3. The number of ether oxygens (including phenoxy) is 1. The van der Waals surface area contributed by atoms with Crippen LogP contribution in [0, 0.1) is 0 Å². The zero-order valence-electron chi connectivity index (χ0n) is 11.2. The van der Waals surface area contributed by atoms with Crippen LogP contribution in [0.25, 0.3) is 6.08 Å². The molecular weight excluding hydrogens is 312 g/mol. The summed E-state index contributed by atoms with van der Waals surface area (Å²) in [6, 6.07) is 9.97. The molecule has 0 fully saturated rings. The van der Waals surface area contributed by atoms with E-state index in [0.717, 1.165) is 11.0 Å². The molecule has 110 valence electrons. The average Bonchev–Trinajstić information content (AvgIpc) is 2.47. The third kappa shape index (κ3) is 4.77. The van der Waals surface area contributed by atoms with Crippen molar-refractivity contribution in [3.05, 3.63) is 58.6 Å². The van der Waals surface area contributed by atoms with Gasteiger partial charge in [0.2, 0.25) is 5.88 Å². The van der Waals surface area contributed by atoms with Crippen LogP contribution in [0.15, 0.2) is 48.0 Å². The van der Waals surface area contributed by atoms with Crippen molar-refractivity contribution in [2.24, 2.45) is 0 Å². The van der Waals surface area contributed by atoms with E-state index >= 15 is 0 Å². The lowest BCUT2D eigenvalue weighted by molar-refractivity contribution is 0.398. The number of pyridine rings is 1. The van der Waals surface area contributed by atoms with Crippen LogP contribution in [0.4, 0.5) is 5.69 Å². The summed E-state index contributed by atoms with van der Waals surface area (Å²) in [7, 11) is -2.12. The van der Waals surface area contributed by atoms with E-state index < -0.39 is 10.0 Å². The van der Waals surface area contributed by atoms with E-state index in [0.29, 0.717) is 16.6 Å². The summed E-state index contributed by atoms with van der Waals surface area (Å²) in [6.45, 7) is 0. The fraction of sp³-hybridized carbons (Fsp3) is 0.0714. The fourth-order valence-corrected chi connectivity index (χ4v) is 2.48. The third-order valence-corrected chi connectivity index (χ3v) is 3.78. The molecule has 1 N–H and O–H groups in total. The fourth-order valence-electron chi connectivity index (χ4n) is 1.50. The maximum atomic E-state index is 11.9. The van der Waals surface area contributed by atoms with Crippen molar-refractivity contribution in [2.45, 2.75) is 0 Å². The van der Waals surface area contributed by atoms with E-state index in [-0.39, 0.29) is 0 Å². The van der Waals surface area contributed by atoms with E-state index in [1.807, 2.05) is 0 Å². The second-order valence-electron chi connectivity index (χ2n) is 4.09. The number of aromatic nitrogens is 1. The minimum absolute atomic E-state index is 0.358. The van der Waals surface area contributed by atoms with E-state index in [4.69, 9.17) is 16.3 Å². The summed E-state index contributed by atoms with van der Waals surface area (Å²) >= 11 is 5.76. The van der Waals surface area contributed by atoms with E-state index in [9.17, 15) is 8.42 Å². The summed E-state index contributed by atoms with van der Waals surface area (Å²) in [6.07, 6.45) is 2.86. The highest BCUT2D eigenvalue weighted by Gasteiger charge is 2.06. The van der Waals surface area contributed by atoms with Gasteiger partial charge in [0.25, 0.3) is 10.0 Å². The van der Waals surface area contributed by atoms with Gasteiger partial charge in [-0.15, -0.1) is 0 Å². The van der Waals surface area contributed by atoms with Gasteiger partial charge in [-0.2, -0.15) is 0 Å². The molecule has 2 aromatic rings. The maximum Gasteiger partial charge on any atom is 0.255 e. The quantitative estimate of drug-likeness (QED) is 0.917. The molecule has 0 aliphatic rings. The molecule has 0 saturated heterocycles. The average molecular weight is 325 g/mol. The molecule has 0 saturated carbocycles. The monoisotopic (exact) mass is 324 g/mol. The molecule has 7 heteroatoms. The van der Waals surface area contributed by atoms with Crippen LogP contribution in [0.3, 0.4) is 0 Å². The molecule has 0 spiro atoms. The van der Waals surface area contributed by atoms with Crippen LogP contribution in [0.2, 0.25) is 5.02 Å². The van der Waals surface area contributed by atoms with Crippen molar-refractivity contribution >= 4 is 33.4 Å². The number of rotatable bonds is 5. The van der Waals surface area contributed by atoms with Gasteiger partial charge in [0.15, 0.2) is 0 Å². The molecule has 2 rings (SSSR count). The number of anilines is 1. The van der Waals surface area contributed by atoms with Gasteiger partial charge in [0, 0.05) is 11.1 Å². The third-order valence-electron chi connectivity index (χ3n) is 2.52. The summed E-state index contributed by atoms with van der Waals surface area (Å²) in [5.41, 5.74) is 1.09. The predicted molar refractivity (Wildman–Crippen MR) is 83.8 cm³/mol. The van der Waals surface area contributed by atoms with Gasteiger partial charge >= 0.3 is 0 Å². The first-order valence-corrected chi connectivity index (χ1v) is 7.87. The summed E-state index contributed by atoms with van der Waals surface area (Å²) in [5, 5.41) is 1.68. The van der Waals surface area contributed by atoms with Gasteiger partial charge in [-0.25, -0.2) is 13.4 Å². The largest absolute Gasteiger partial charge is 0.481 e. The Balaban J connectivity index is 2.08. The Labute approximate surface area is 128 Å². The molecule has 1 aromatic carbocycles. The van der Waals surface area contributed by atoms with E-state index in [1.165, 1.54) is 19.4 Å². The molecule has 0 aliphatic heterocycles. The van der Waals surface area contributed by atoms with Crippen molar-refractivity contribution < 1.29 is 13.2 Å². The number of nitrogens with one attached hydrogen (secondary N) is 1. The first-order valence-electron chi connectivity index (χ1n) is 5.95. The SMILES string of the molecule is COc1ccc(NS(=O)(=O)/C=C\c2ccc(Cl)cc2)cn1. The number of sulfonamides is 1. The Morgan fingerprint density at radius 3 is 2.48 bits per heavy atom. The number of benzene rings is 1. The second-order valence-corrected chi connectivity index (χ2v) is 6.09. The molecule has 0 aliphatic carbocycles. The molecule has 1 aromatic heterocycles. The first-order chi connectivity index (χ1) is 9.98. The van der Waals surface area contributed by atoms with Crippen LogP contribution in [-0.2, 0) is 10.0 Å². The normalized spacial score (nSPS) is 11.5. The number of nitrogens with zero attached hydrogens (tertiary/aromatic N) is 1. The van der Waals surface area contributed by atoms with Crippen molar-refractivity contribution in [1.29, 1.82) is 0 Å². The smallest absolute Gasteiger partial charge is 0.255 e. The topological polar surface area (TPSA) is 68.3 Å². The maximum absolute atomic E-state index is 11.9. The number of methoxy groups -OCH3 is 1. The van der Waals surface area contributed by atoms with Crippen LogP contribution < -0.4 is 9.46 Å². The van der Waals surface area contributed by atoms with Crippen LogP contribution in [0.1, 0.15) is 5.56 Å². The van der Waals surface area contributed by atoms with Crippen molar-refractivity contribution in [2.75, 3.05) is 11.8 Å². The van der Waals surface area contributed by atoms with Gasteiger partial charge in [0.1, 0.15) is 0 Å². The summed E-state index contributed by atoms with van der Waals surface area (Å²) < 4.78 is 31.1. The Morgan fingerprint density at radius 2 is 1.90 bits per heavy atom. The minimum atomic E-state index is -3.61. The molecule has 0 atom stereocenters. The molecule has 0 unspecified atom stereocenters. The van der Waals surface area contributed by atoms with Crippen LogP contribution in [-0.4, -0.2) is 20.5 Å². The highest BCUT2D eigenvalue weighted by molar-refractivity contribution is 7.95. The number of hydrogen-bond acceptors (Lipinski definition) is 4. The molecule has 0 radical (unpaired) electrons. The van der Waals surface area contributed by atoms with E-state index in [2.05, 4.69) is 9.71 Å². The molecule has 0 bridgehead atoms. The highest BCUT2D eigenvalue weighted by Crippen LogP contribution is 2.14.